The molecule has 1 aliphatic rings. The lowest BCUT2D eigenvalue weighted by molar-refractivity contribution is -0.0228. The normalized spacial score (nSPS) is 17.8. The summed E-state index contributed by atoms with van der Waals surface area (Å²) in [5.41, 5.74) is 3.83. The van der Waals surface area contributed by atoms with Crippen molar-refractivity contribution in [3.63, 3.8) is 0 Å². The third-order valence-corrected chi connectivity index (χ3v) is 5.02. The topological polar surface area (TPSA) is 29.5 Å². The zero-order valence-electron chi connectivity index (χ0n) is 13.7. The van der Waals surface area contributed by atoms with Gasteiger partial charge < -0.3 is 9.64 Å². The zero-order chi connectivity index (χ0) is 17.3. The Balaban J connectivity index is 1.79. The van der Waals surface area contributed by atoms with Gasteiger partial charge in [0.1, 0.15) is 6.10 Å². The maximum atomic E-state index is 12.9. The molecule has 1 saturated heterocycles. The van der Waals surface area contributed by atoms with Gasteiger partial charge in [-0.1, -0.05) is 47.0 Å². The molecule has 24 heavy (non-hydrogen) atoms. The number of benzene rings is 2. The molecular weight excluding hydrogens is 345 g/mol. The van der Waals surface area contributed by atoms with E-state index in [2.05, 4.69) is 0 Å². The quantitative estimate of drug-likeness (QED) is 0.764. The summed E-state index contributed by atoms with van der Waals surface area (Å²) in [5, 5.41) is 1.01. The lowest BCUT2D eigenvalue weighted by Gasteiger charge is -2.33. The fraction of sp³-hybridized carbons (Fsp3) is 0.316. The van der Waals surface area contributed by atoms with Crippen LogP contribution in [0.4, 0.5) is 0 Å². The number of morpholine rings is 1. The van der Waals surface area contributed by atoms with E-state index in [4.69, 9.17) is 27.9 Å². The average Bonchev–Trinajstić information content (AvgIpc) is 2.57. The van der Waals surface area contributed by atoms with E-state index in [1.54, 1.807) is 12.1 Å². The number of hydrogen-bond acceptors (Lipinski definition) is 2. The number of carbonyl (C=O) groups excluding carboxylic acids is 1. The number of nitrogens with zero attached hydrogens (tertiary/aromatic N) is 1. The van der Waals surface area contributed by atoms with E-state index in [0.29, 0.717) is 29.7 Å². The fourth-order valence-corrected chi connectivity index (χ4v) is 3.28. The molecule has 0 N–H and O–H groups in total. The molecule has 0 aliphatic carbocycles. The smallest absolute Gasteiger partial charge is 0.254 e. The first-order chi connectivity index (χ1) is 11.5. The first kappa shape index (κ1) is 17.3. The SMILES string of the molecule is Cc1ccc(C(=O)N2CCO[C@@H](c3ccc(Cl)c(Cl)c3)C2)c(C)c1. The number of ether oxygens (including phenoxy) is 1. The molecule has 1 amide bonds. The van der Waals surface area contributed by atoms with Crippen LogP contribution in [-0.2, 0) is 4.74 Å². The maximum absolute atomic E-state index is 12.9. The predicted molar refractivity (Wildman–Crippen MR) is 97.0 cm³/mol. The summed E-state index contributed by atoms with van der Waals surface area (Å²) in [6.45, 7) is 5.59. The Bertz CT molecular complexity index is 776. The van der Waals surface area contributed by atoms with Crippen molar-refractivity contribution in [1.29, 1.82) is 0 Å². The van der Waals surface area contributed by atoms with Crippen molar-refractivity contribution in [3.05, 3.63) is 68.7 Å². The van der Waals surface area contributed by atoms with Gasteiger partial charge in [-0.25, -0.2) is 0 Å². The van der Waals surface area contributed by atoms with Crippen LogP contribution >= 0.6 is 23.2 Å². The van der Waals surface area contributed by atoms with Crippen molar-refractivity contribution in [2.75, 3.05) is 19.7 Å². The molecule has 0 aromatic heterocycles. The van der Waals surface area contributed by atoms with Gasteiger partial charge in [-0.2, -0.15) is 0 Å². The minimum atomic E-state index is -0.191. The molecule has 0 radical (unpaired) electrons. The highest BCUT2D eigenvalue weighted by molar-refractivity contribution is 6.42. The molecule has 126 valence electrons. The molecule has 0 unspecified atom stereocenters. The number of rotatable bonds is 2. The first-order valence-corrected chi connectivity index (χ1v) is 8.64. The van der Waals surface area contributed by atoms with Crippen molar-refractivity contribution < 1.29 is 9.53 Å². The Morgan fingerprint density at radius 1 is 1.12 bits per heavy atom. The molecular formula is C19H19Cl2NO2. The molecule has 3 nitrogen and oxygen atoms in total. The van der Waals surface area contributed by atoms with Crippen LogP contribution in [0.15, 0.2) is 36.4 Å². The van der Waals surface area contributed by atoms with Crippen LogP contribution in [-0.4, -0.2) is 30.5 Å². The van der Waals surface area contributed by atoms with E-state index in [9.17, 15) is 4.79 Å². The Morgan fingerprint density at radius 2 is 1.92 bits per heavy atom. The second-order valence-electron chi connectivity index (χ2n) is 6.10. The lowest BCUT2D eigenvalue weighted by Crippen LogP contribution is -2.42. The van der Waals surface area contributed by atoms with Crippen LogP contribution in [0.1, 0.15) is 33.2 Å². The van der Waals surface area contributed by atoms with Gasteiger partial charge in [0.25, 0.3) is 5.91 Å². The predicted octanol–water partition coefficient (Wildman–Crippen LogP) is 4.82. The number of amides is 1. The summed E-state index contributed by atoms with van der Waals surface area (Å²) < 4.78 is 5.83. The van der Waals surface area contributed by atoms with Gasteiger partial charge in [0.15, 0.2) is 0 Å². The molecule has 1 atom stereocenters. The summed E-state index contributed by atoms with van der Waals surface area (Å²) in [6.07, 6.45) is -0.191. The van der Waals surface area contributed by atoms with E-state index >= 15 is 0 Å². The van der Waals surface area contributed by atoms with E-state index < -0.39 is 0 Å². The number of halogens is 2. The van der Waals surface area contributed by atoms with Crippen LogP contribution in [0.3, 0.4) is 0 Å². The standard InChI is InChI=1S/C19H19Cl2NO2/c1-12-3-5-15(13(2)9-12)19(23)22-7-8-24-18(11-22)14-4-6-16(20)17(21)10-14/h3-6,9-10,18H,7-8,11H2,1-2H3/t18-/m1/s1. The Hall–Kier alpha value is -1.55. The van der Waals surface area contributed by atoms with Crippen LogP contribution in [0.5, 0.6) is 0 Å². The molecule has 0 bridgehead atoms. The van der Waals surface area contributed by atoms with E-state index in [1.807, 2.05) is 43.0 Å². The Labute approximate surface area is 152 Å². The van der Waals surface area contributed by atoms with Crippen molar-refractivity contribution in [3.8, 4) is 0 Å². The highest BCUT2D eigenvalue weighted by Gasteiger charge is 2.27. The third-order valence-electron chi connectivity index (χ3n) is 4.28. The minimum Gasteiger partial charge on any atom is -0.370 e. The van der Waals surface area contributed by atoms with Gasteiger partial charge in [-0.3, -0.25) is 4.79 Å². The summed E-state index contributed by atoms with van der Waals surface area (Å²) in [6, 6.07) is 11.4. The van der Waals surface area contributed by atoms with Crippen molar-refractivity contribution in [2.45, 2.75) is 20.0 Å². The van der Waals surface area contributed by atoms with Gasteiger partial charge in [0.05, 0.1) is 23.2 Å². The van der Waals surface area contributed by atoms with Gasteiger partial charge in [0.2, 0.25) is 0 Å². The molecule has 1 aliphatic heterocycles. The number of hydrogen-bond donors (Lipinski definition) is 0. The maximum Gasteiger partial charge on any atom is 0.254 e. The third kappa shape index (κ3) is 3.59. The second-order valence-corrected chi connectivity index (χ2v) is 6.92. The molecule has 0 saturated carbocycles. The lowest BCUT2D eigenvalue weighted by atomic mass is 10.0. The van der Waals surface area contributed by atoms with Gasteiger partial charge in [-0.15, -0.1) is 0 Å². The number of carbonyl (C=O) groups is 1. The Morgan fingerprint density at radius 3 is 2.62 bits per heavy atom. The molecule has 1 heterocycles. The molecule has 2 aromatic carbocycles. The molecule has 1 fully saturated rings. The fourth-order valence-electron chi connectivity index (χ4n) is 2.97. The molecule has 5 heteroatoms. The van der Waals surface area contributed by atoms with E-state index in [-0.39, 0.29) is 12.0 Å². The average molecular weight is 364 g/mol. The first-order valence-electron chi connectivity index (χ1n) is 7.89. The highest BCUT2D eigenvalue weighted by Crippen LogP contribution is 2.29. The van der Waals surface area contributed by atoms with Crippen LogP contribution in [0.25, 0.3) is 0 Å². The Kier molecular flexibility index (Phi) is 5.14. The van der Waals surface area contributed by atoms with Crippen LogP contribution < -0.4 is 0 Å². The van der Waals surface area contributed by atoms with Crippen molar-refractivity contribution in [2.24, 2.45) is 0 Å². The molecule has 0 spiro atoms. The highest BCUT2D eigenvalue weighted by atomic mass is 35.5. The van der Waals surface area contributed by atoms with Crippen molar-refractivity contribution in [1.82, 2.24) is 4.90 Å². The number of aryl methyl sites for hydroxylation is 2. The van der Waals surface area contributed by atoms with E-state index in [1.165, 1.54) is 0 Å². The summed E-state index contributed by atoms with van der Waals surface area (Å²) in [4.78, 5) is 14.7. The summed E-state index contributed by atoms with van der Waals surface area (Å²) in [5.74, 6) is 0.0425. The van der Waals surface area contributed by atoms with Gasteiger partial charge in [0, 0.05) is 12.1 Å². The summed E-state index contributed by atoms with van der Waals surface area (Å²) in [7, 11) is 0. The monoisotopic (exact) mass is 363 g/mol. The second kappa shape index (κ2) is 7.14. The van der Waals surface area contributed by atoms with E-state index in [0.717, 1.165) is 22.3 Å². The van der Waals surface area contributed by atoms with Crippen molar-refractivity contribution >= 4 is 29.1 Å². The zero-order valence-corrected chi connectivity index (χ0v) is 15.2. The molecule has 2 aromatic rings. The van der Waals surface area contributed by atoms with Crippen LogP contribution in [0, 0.1) is 13.8 Å². The van der Waals surface area contributed by atoms with Gasteiger partial charge in [-0.05, 0) is 43.2 Å². The largest absolute Gasteiger partial charge is 0.370 e. The summed E-state index contributed by atoms with van der Waals surface area (Å²) >= 11 is 12.1. The molecule has 3 rings (SSSR count). The van der Waals surface area contributed by atoms with Crippen LogP contribution in [0.2, 0.25) is 10.0 Å². The minimum absolute atomic E-state index is 0.0425. The van der Waals surface area contributed by atoms with Gasteiger partial charge >= 0.3 is 0 Å².